The highest BCUT2D eigenvalue weighted by Gasteiger charge is 2.02. The Hall–Kier alpha value is -0.600. The number of rotatable bonds is 1. The minimum absolute atomic E-state index is 0.207. The number of nitrogens with zero attached hydrogens (tertiary/aromatic N) is 1. The van der Waals surface area contributed by atoms with Gasteiger partial charge in [0.2, 0.25) is 0 Å². The molecule has 0 aliphatic heterocycles. The Morgan fingerprint density at radius 1 is 1.70 bits per heavy atom. The highest BCUT2D eigenvalue weighted by Crippen LogP contribution is 2.10. The van der Waals surface area contributed by atoms with Crippen LogP contribution < -0.4 is 5.73 Å². The van der Waals surface area contributed by atoms with E-state index in [-0.39, 0.29) is 6.04 Å². The van der Waals surface area contributed by atoms with Gasteiger partial charge in [0.15, 0.2) is 0 Å². The van der Waals surface area contributed by atoms with E-state index in [1.807, 2.05) is 13.0 Å². The third-order valence-corrected chi connectivity index (χ3v) is 1.48. The number of quaternary nitrogens is 1. The van der Waals surface area contributed by atoms with Gasteiger partial charge in [-0.1, -0.05) is 11.6 Å². The van der Waals surface area contributed by atoms with Crippen molar-refractivity contribution < 1.29 is 5.73 Å². The van der Waals surface area contributed by atoms with Crippen molar-refractivity contribution in [1.29, 1.82) is 0 Å². The van der Waals surface area contributed by atoms with Crippen LogP contribution in [0.25, 0.3) is 0 Å². The molecule has 1 rings (SSSR count). The van der Waals surface area contributed by atoms with Crippen molar-refractivity contribution in [2.45, 2.75) is 13.0 Å². The first kappa shape index (κ1) is 7.51. The summed E-state index contributed by atoms with van der Waals surface area (Å²) in [5, 5.41) is 0.723. The van der Waals surface area contributed by atoms with Gasteiger partial charge in [-0.15, -0.1) is 0 Å². The van der Waals surface area contributed by atoms with Crippen LogP contribution in [0.4, 0.5) is 0 Å². The number of hydrogen-bond donors (Lipinski definition) is 1. The summed E-state index contributed by atoms with van der Waals surface area (Å²) in [5.41, 5.74) is 4.77. The van der Waals surface area contributed by atoms with E-state index in [1.165, 1.54) is 0 Å². The van der Waals surface area contributed by atoms with E-state index in [9.17, 15) is 0 Å². The maximum Gasteiger partial charge on any atom is 0.124 e. The van der Waals surface area contributed by atoms with Crippen LogP contribution in [-0.4, -0.2) is 4.98 Å². The van der Waals surface area contributed by atoms with Crippen LogP contribution in [0.5, 0.6) is 0 Å². The van der Waals surface area contributed by atoms with E-state index in [0.29, 0.717) is 0 Å². The zero-order valence-electron chi connectivity index (χ0n) is 5.84. The van der Waals surface area contributed by atoms with Gasteiger partial charge in [0, 0.05) is 11.2 Å². The molecule has 0 unspecified atom stereocenters. The van der Waals surface area contributed by atoms with Crippen LogP contribution in [0, 0.1) is 0 Å². The molecule has 0 aromatic carbocycles. The van der Waals surface area contributed by atoms with Crippen LogP contribution in [0.15, 0.2) is 18.3 Å². The van der Waals surface area contributed by atoms with Crippen molar-refractivity contribution in [3.05, 3.63) is 29.0 Å². The summed E-state index contributed by atoms with van der Waals surface area (Å²) in [5.74, 6) is 0. The molecule has 1 atom stereocenters. The van der Waals surface area contributed by atoms with Crippen LogP contribution >= 0.6 is 11.6 Å². The molecule has 0 radical (unpaired) electrons. The third kappa shape index (κ3) is 1.69. The van der Waals surface area contributed by atoms with Gasteiger partial charge >= 0.3 is 0 Å². The lowest BCUT2D eigenvalue weighted by Crippen LogP contribution is -2.52. The van der Waals surface area contributed by atoms with E-state index in [2.05, 4.69) is 10.7 Å². The van der Waals surface area contributed by atoms with Gasteiger partial charge in [0.05, 0.1) is 5.69 Å². The fourth-order valence-electron chi connectivity index (χ4n) is 0.691. The van der Waals surface area contributed by atoms with E-state index >= 15 is 0 Å². The summed E-state index contributed by atoms with van der Waals surface area (Å²) >= 11 is 5.72. The van der Waals surface area contributed by atoms with Crippen molar-refractivity contribution in [2.24, 2.45) is 0 Å². The molecule has 3 N–H and O–H groups in total. The van der Waals surface area contributed by atoms with Crippen molar-refractivity contribution in [2.75, 3.05) is 0 Å². The Kier molecular flexibility index (Phi) is 2.25. The fraction of sp³-hybridized carbons (Fsp3) is 0.286. The Labute approximate surface area is 65.0 Å². The number of pyridine rings is 1. The van der Waals surface area contributed by atoms with E-state index in [0.717, 1.165) is 10.7 Å². The summed E-state index contributed by atoms with van der Waals surface area (Å²) < 4.78 is 0. The van der Waals surface area contributed by atoms with E-state index in [1.54, 1.807) is 12.3 Å². The molecule has 1 aromatic rings. The second-order valence-electron chi connectivity index (χ2n) is 2.30. The summed E-state index contributed by atoms with van der Waals surface area (Å²) in [7, 11) is 0. The Bertz CT molecular complexity index is 223. The molecule has 10 heavy (non-hydrogen) atoms. The predicted molar refractivity (Wildman–Crippen MR) is 40.6 cm³/mol. The Morgan fingerprint density at radius 2 is 2.40 bits per heavy atom. The molecule has 1 heterocycles. The average Bonchev–Trinajstić information content (AvgIpc) is 1.88. The number of aromatic nitrogens is 1. The first-order chi connectivity index (χ1) is 4.70. The van der Waals surface area contributed by atoms with Crippen LogP contribution in [0.3, 0.4) is 0 Å². The summed E-state index contributed by atoms with van der Waals surface area (Å²) in [6.45, 7) is 1.98. The molecular formula is C7H10ClN2+. The zero-order chi connectivity index (χ0) is 7.56. The van der Waals surface area contributed by atoms with Gasteiger partial charge < -0.3 is 5.73 Å². The van der Waals surface area contributed by atoms with Crippen LogP contribution in [0.1, 0.15) is 18.7 Å². The summed E-state index contributed by atoms with van der Waals surface area (Å²) in [6.07, 6.45) is 1.69. The van der Waals surface area contributed by atoms with E-state index < -0.39 is 0 Å². The average molecular weight is 158 g/mol. The monoisotopic (exact) mass is 157 g/mol. The Balaban J connectivity index is 2.96. The SMILES string of the molecule is C[C@H]([NH3+])c1cc(Cl)ccn1. The first-order valence-corrected chi connectivity index (χ1v) is 3.52. The molecule has 0 aliphatic carbocycles. The summed E-state index contributed by atoms with van der Waals surface area (Å²) in [6, 6.07) is 3.80. The molecule has 1 aromatic heterocycles. The van der Waals surface area contributed by atoms with E-state index in [4.69, 9.17) is 11.6 Å². The second kappa shape index (κ2) is 2.99. The third-order valence-electron chi connectivity index (χ3n) is 1.25. The molecule has 0 amide bonds. The Morgan fingerprint density at radius 3 is 2.80 bits per heavy atom. The predicted octanol–water partition coefficient (Wildman–Crippen LogP) is 1.04. The lowest BCUT2D eigenvalue weighted by Gasteiger charge is -1.99. The molecule has 0 fully saturated rings. The zero-order valence-corrected chi connectivity index (χ0v) is 6.60. The van der Waals surface area contributed by atoms with Gasteiger partial charge in [-0.25, -0.2) is 0 Å². The van der Waals surface area contributed by atoms with Gasteiger partial charge in [-0.3, -0.25) is 4.98 Å². The summed E-state index contributed by atoms with van der Waals surface area (Å²) in [4.78, 5) is 4.09. The quantitative estimate of drug-likeness (QED) is 0.650. The van der Waals surface area contributed by atoms with Gasteiger partial charge in [-0.05, 0) is 19.1 Å². The molecule has 0 saturated heterocycles. The molecule has 0 saturated carbocycles. The fourth-order valence-corrected chi connectivity index (χ4v) is 0.859. The minimum Gasteiger partial charge on any atom is -0.350 e. The highest BCUT2D eigenvalue weighted by molar-refractivity contribution is 6.30. The standard InChI is InChI=1S/C7H9ClN2/c1-5(9)7-4-6(8)2-3-10-7/h2-5H,9H2,1H3/p+1/t5-/m0/s1. The van der Waals surface area contributed by atoms with Gasteiger partial charge in [0.1, 0.15) is 6.04 Å². The maximum absolute atomic E-state index is 5.72. The van der Waals surface area contributed by atoms with Crippen molar-refractivity contribution >= 4 is 11.6 Å². The van der Waals surface area contributed by atoms with Crippen molar-refractivity contribution in [3.63, 3.8) is 0 Å². The normalized spacial score (nSPS) is 13.1. The lowest BCUT2D eigenvalue weighted by molar-refractivity contribution is -0.421. The molecule has 54 valence electrons. The van der Waals surface area contributed by atoms with Gasteiger partial charge in [0.25, 0.3) is 0 Å². The lowest BCUT2D eigenvalue weighted by atomic mass is 10.2. The molecule has 0 bridgehead atoms. The smallest absolute Gasteiger partial charge is 0.124 e. The largest absolute Gasteiger partial charge is 0.350 e. The minimum atomic E-state index is 0.207. The molecule has 3 heteroatoms. The van der Waals surface area contributed by atoms with Crippen LogP contribution in [-0.2, 0) is 0 Å². The number of halogens is 1. The topological polar surface area (TPSA) is 40.5 Å². The van der Waals surface area contributed by atoms with Crippen LogP contribution in [0.2, 0.25) is 5.02 Å². The first-order valence-electron chi connectivity index (χ1n) is 3.14. The number of hydrogen-bond acceptors (Lipinski definition) is 1. The molecule has 0 aliphatic rings. The second-order valence-corrected chi connectivity index (χ2v) is 2.74. The molecule has 0 spiro atoms. The van der Waals surface area contributed by atoms with Gasteiger partial charge in [-0.2, -0.15) is 0 Å². The maximum atomic E-state index is 5.72. The van der Waals surface area contributed by atoms with Crippen molar-refractivity contribution in [3.8, 4) is 0 Å². The van der Waals surface area contributed by atoms with Crippen molar-refractivity contribution in [1.82, 2.24) is 4.98 Å². The molecular weight excluding hydrogens is 148 g/mol. The highest BCUT2D eigenvalue weighted by atomic mass is 35.5. The molecule has 2 nitrogen and oxygen atoms in total.